The molecule has 0 N–H and O–H groups in total. The number of nitrogens with zero attached hydrogens (tertiary/aromatic N) is 3. The predicted molar refractivity (Wildman–Crippen MR) is 251 cm³/mol. The molecule has 4 amide bonds. The molecule has 1 saturated carbocycles. The Kier molecular flexibility index (Phi) is 27.2. The highest BCUT2D eigenvalue weighted by molar-refractivity contribution is 6.06. The van der Waals surface area contributed by atoms with Crippen LogP contribution in [0.4, 0.5) is 0 Å². The van der Waals surface area contributed by atoms with Gasteiger partial charge < -0.3 is 9.80 Å². The second kappa shape index (κ2) is 31.4. The van der Waals surface area contributed by atoms with Crippen molar-refractivity contribution < 1.29 is 19.2 Å². The minimum atomic E-state index is -0.607. The highest BCUT2D eigenvalue weighted by Gasteiger charge is 2.42. The van der Waals surface area contributed by atoms with Gasteiger partial charge in [-0.25, -0.2) is 0 Å². The summed E-state index contributed by atoms with van der Waals surface area (Å²) in [4.78, 5) is 55.5. The van der Waals surface area contributed by atoms with Crippen LogP contribution in [0, 0.1) is 23.7 Å². The molecular weight excluding hydrogens is 743 g/mol. The summed E-state index contributed by atoms with van der Waals surface area (Å²) in [6, 6.07) is -0.607. The van der Waals surface area contributed by atoms with Crippen LogP contribution in [-0.4, -0.2) is 64.0 Å². The predicted octanol–water partition coefficient (Wildman–Crippen LogP) is 13.9. The van der Waals surface area contributed by atoms with E-state index in [-0.39, 0.29) is 30.0 Å². The van der Waals surface area contributed by atoms with Crippen LogP contribution in [0.25, 0.3) is 0 Å². The van der Waals surface area contributed by atoms with E-state index in [2.05, 4.69) is 27.4 Å². The zero-order valence-electron chi connectivity index (χ0n) is 39.7. The van der Waals surface area contributed by atoms with Crippen LogP contribution in [0.1, 0.15) is 240 Å². The van der Waals surface area contributed by atoms with Gasteiger partial charge in [0.15, 0.2) is 0 Å². The van der Waals surface area contributed by atoms with Crippen molar-refractivity contribution in [3.63, 3.8) is 0 Å². The standard InChI is InChI=1S/C53H93N3O4/c1-6-9-12-15-21-27-34-48-46(32-25-13-10-7-2)37-38-47(33-26-20-16-18-23-30-40-54-44(4)36-39-51(54)58)49(48)35-28-22-17-19-24-31-42-56-52(59)43-50(53(56)60)55(45(5)57)41-29-14-11-8-3/h36,39,46-50H,4,6-35,37-38,40-43H2,1-3,5H3. The summed E-state index contributed by atoms with van der Waals surface area (Å²) in [5.41, 5.74) is 0.840. The van der Waals surface area contributed by atoms with Crippen molar-refractivity contribution in [2.24, 2.45) is 23.7 Å². The third-order valence-corrected chi connectivity index (χ3v) is 14.6. The normalized spacial score (nSPS) is 21.9. The fourth-order valence-corrected chi connectivity index (χ4v) is 11.0. The molecule has 1 saturated heterocycles. The van der Waals surface area contributed by atoms with Crippen LogP contribution in [-0.2, 0) is 19.2 Å². The Bertz CT molecular complexity index is 1240. The first-order chi connectivity index (χ1) is 29.2. The van der Waals surface area contributed by atoms with Crippen molar-refractivity contribution in [1.29, 1.82) is 0 Å². The SMILES string of the molecule is C=C1C=CC(=O)N1CCCCCCCCC1CCC(CCCCCC)C(CCCCCCCC)C1CCCCCCCCN1C(=O)CC(N(CCCCCC)C(C)=O)C1=O. The number of amides is 4. The van der Waals surface area contributed by atoms with E-state index >= 15 is 0 Å². The van der Waals surface area contributed by atoms with Crippen molar-refractivity contribution in [3.05, 3.63) is 24.4 Å². The molecule has 0 aromatic heterocycles. The van der Waals surface area contributed by atoms with E-state index in [4.69, 9.17) is 0 Å². The molecule has 60 heavy (non-hydrogen) atoms. The highest BCUT2D eigenvalue weighted by atomic mass is 16.2. The smallest absolute Gasteiger partial charge is 0.252 e. The van der Waals surface area contributed by atoms with Gasteiger partial charge in [0.2, 0.25) is 11.8 Å². The molecule has 2 aliphatic heterocycles. The third kappa shape index (κ3) is 18.9. The molecule has 7 heteroatoms. The number of likely N-dealkylation sites (tertiary alicyclic amines) is 1. The average molecular weight is 836 g/mol. The molecule has 0 spiro atoms. The minimum absolute atomic E-state index is 0.0898. The van der Waals surface area contributed by atoms with E-state index in [1.165, 1.54) is 166 Å². The zero-order chi connectivity index (χ0) is 43.4. The fourth-order valence-electron chi connectivity index (χ4n) is 11.0. The number of hydrogen-bond acceptors (Lipinski definition) is 4. The molecular formula is C53H93N3O4. The number of carbonyl (C=O) groups is 4. The lowest BCUT2D eigenvalue weighted by Gasteiger charge is -2.44. The van der Waals surface area contributed by atoms with Crippen molar-refractivity contribution in [2.75, 3.05) is 19.6 Å². The van der Waals surface area contributed by atoms with Gasteiger partial charge in [-0.2, -0.15) is 0 Å². The number of unbranched alkanes of at least 4 members (excludes halogenated alkanes) is 21. The number of allylic oxidation sites excluding steroid dienone is 1. The molecule has 5 atom stereocenters. The van der Waals surface area contributed by atoms with E-state index in [0.717, 1.165) is 87.3 Å². The molecule has 3 rings (SSSR count). The molecule has 3 aliphatic rings. The second-order valence-electron chi connectivity index (χ2n) is 19.3. The van der Waals surface area contributed by atoms with Gasteiger partial charge in [0, 0.05) is 38.3 Å². The Morgan fingerprint density at radius 1 is 0.567 bits per heavy atom. The topological polar surface area (TPSA) is 78.0 Å². The summed E-state index contributed by atoms with van der Waals surface area (Å²) in [7, 11) is 0. The Morgan fingerprint density at radius 3 is 1.45 bits per heavy atom. The number of rotatable bonds is 36. The Morgan fingerprint density at radius 2 is 0.983 bits per heavy atom. The van der Waals surface area contributed by atoms with E-state index in [9.17, 15) is 19.2 Å². The summed E-state index contributed by atoms with van der Waals surface area (Å²) in [6.07, 6.45) is 44.7. The highest BCUT2D eigenvalue weighted by Crippen LogP contribution is 2.48. The summed E-state index contributed by atoms with van der Waals surface area (Å²) in [6.45, 7) is 14.2. The number of hydrogen-bond donors (Lipinski definition) is 0. The van der Waals surface area contributed by atoms with Crippen LogP contribution in [0.15, 0.2) is 24.4 Å². The third-order valence-electron chi connectivity index (χ3n) is 14.6. The van der Waals surface area contributed by atoms with E-state index < -0.39 is 6.04 Å². The van der Waals surface area contributed by atoms with Gasteiger partial charge in [0.25, 0.3) is 11.8 Å². The Labute approximate surface area is 369 Å². The van der Waals surface area contributed by atoms with Gasteiger partial charge in [-0.05, 0) is 74.7 Å². The van der Waals surface area contributed by atoms with Crippen LogP contribution in [0.2, 0.25) is 0 Å². The molecule has 0 aromatic rings. The molecule has 0 radical (unpaired) electrons. The Hall–Kier alpha value is -2.44. The van der Waals surface area contributed by atoms with Crippen LogP contribution >= 0.6 is 0 Å². The van der Waals surface area contributed by atoms with Gasteiger partial charge in [0.05, 0.1) is 6.42 Å². The average Bonchev–Trinajstić information content (AvgIpc) is 3.71. The lowest BCUT2D eigenvalue weighted by atomic mass is 9.61. The summed E-state index contributed by atoms with van der Waals surface area (Å²) >= 11 is 0. The first-order valence-electron chi connectivity index (χ1n) is 26.0. The minimum Gasteiger partial charge on any atom is -0.330 e. The van der Waals surface area contributed by atoms with Gasteiger partial charge in [-0.15, -0.1) is 0 Å². The maximum Gasteiger partial charge on any atom is 0.252 e. The van der Waals surface area contributed by atoms with Crippen molar-refractivity contribution in [3.8, 4) is 0 Å². The maximum absolute atomic E-state index is 13.3. The molecule has 5 unspecified atom stereocenters. The van der Waals surface area contributed by atoms with E-state index in [1.54, 1.807) is 11.0 Å². The van der Waals surface area contributed by atoms with Gasteiger partial charge >= 0.3 is 0 Å². The maximum atomic E-state index is 13.3. The number of carbonyl (C=O) groups excluding carboxylic acids is 4. The lowest BCUT2D eigenvalue weighted by Crippen LogP contribution is -2.45. The van der Waals surface area contributed by atoms with Crippen molar-refractivity contribution in [1.82, 2.24) is 14.7 Å². The summed E-state index contributed by atoms with van der Waals surface area (Å²) < 4.78 is 0. The van der Waals surface area contributed by atoms with E-state index in [0.29, 0.717) is 13.1 Å². The molecule has 1 aliphatic carbocycles. The largest absolute Gasteiger partial charge is 0.330 e. The van der Waals surface area contributed by atoms with Crippen LogP contribution in [0.5, 0.6) is 0 Å². The van der Waals surface area contributed by atoms with Crippen LogP contribution < -0.4 is 0 Å². The molecule has 7 nitrogen and oxygen atoms in total. The Balaban J connectivity index is 1.47. The summed E-state index contributed by atoms with van der Waals surface area (Å²) in [5.74, 6) is 3.31. The van der Waals surface area contributed by atoms with Crippen LogP contribution in [0.3, 0.4) is 0 Å². The number of imide groups is 1. The molecule has 344 valence electrons. The molecule has 2 fully saturated rings. The summed E-state index contributed by atoms with van der Waals surface area (Å²) in [5, 5.41) is 0. The lowest BCUT2D eigenvalue weighted by molar-refractivity contribution is -0.143. The van der Waals surface area contributed by atoms with Crippen molar-refractivity contribution in [2.45, 2.75) is 246 Å². The molecule has 0 bridgehead atoms. The monoisotopic (exact) mass is 836 g/mol. The van der Waals surface area contributed by atoms with Gasteiger partial charge in [0.1, 0.15) is 6.04 Å². The first-order valence-corrected chi connectivity index (χ1v) is 26.0. The zero-order valence-corrected chi connectivity index (χ0v) is 39.7. The van der Waals surface area contributed by atoms with E-state index in [1.807, 2.05) is 11.0 Å². The first kappa shape index (κ1) is 51.9. The fraction of sp³-hybridized carbons (Fsp3) is 0.849. The second-order valence-corrected chi connectivity index (χ2v) is 19.3. The molecule has 2 heterocycles. The van der Waals surface area contributed by atoms with Gasteiger partial charge in [-0.3, -0.25) is 24.1 Å². The van der Waals surface area contributed by atoms with Crippen molar-refractivity contribution >= 4 is 23.6 Å². The molecule has 0 aromatic carbocycles. The van der Waals surface area contributed by atoms with Gasteiger partial charge in [-0.1, -0.05) is 188 Å². The quantitative estimate of drug-likeness (QED) is 0.0465.